The minimum Gasteiger partial charge on any atom is -0.497 e. The van der Waals surface area contributed by atoms with Crippen LogP contribution in [-0.2, 0) is 6.54 Å². The first-order valence-electron chi connectivity index (χ1n) is 7.22. The van der Waals surface area contributed by atoms with E-state index in [1.165, 1.54) is 6.33 Å². The third-order valence-electron chi connectivity index (χ3n) is 3.62. The van der Waals surface area contributed by atoms with Crippen molar-refractivity contribution in [1.29, 1.82) is 0 Å². The highest BCUT2D eigenvalue weighted by atomic mass is 16.5. The van der Waals surface area contributed by atoms with Crippen LogP contribution >= 0.6 is 0 Å². The molecule has 23 heavy (non-hydrogen) atoms. The molecule has 118 valence electrons. The second kappa shape index (κ2) is 6.48. The molecule has 0 aliphatic carbocycles. The molecule has 2 aromatic heterocycles. The lowest BCUT2D eigenvalue weighted by Gasteiger charge is -2.07. The molecule has 0 saturated carbocycles. The minimum absolute atomic E-state index is 0.557. The van der Waals surface area contributed by atoms with Gasteiger partial charge in [-0.15, -0.1) is 0 Å². The number of ether oxygens (including phenoxy) is 2. The van der Waals surface area contributed by atoms with Crippen LogP contribution < -0.4 is 9.47 Å². The highest BCUT2D eigenvalue weighted by Gasteiger charge is 2.13. The Labute approximate surface area is 134 Å². The molecule has 3 aromatic rings. The molecule has 3 rings (SSSR count). The summed E-state index contributed by atoms with van der Waals surface area (Å²) in [5.41, 5.74) is 3.82. The van der Waals surface area contributed by atoms with Crippen molar-refractivity contribution < 1.29 is 9.47 Å². The Morgan fingerprint density at radius 1 is 1.04 bits per heavy atom. The number of rotatable bonds is 5. The monoisotopic (exact) mass is 310 g/mol. The van der Waals surface area contributed by atoms with Crippen LogP contribution in [0.15, 0.2) is 43.0 Å². The zero-order valence-electron chi connectivity index (χ0n) is 13.4. The maximum Gasteiger partial charge on any atom is 0.224 e. The van der Waals surface area contributed by atoms with Gasteiger partial charge in [-0.3, -0.25) is 4.68 Å². The topological polar surface area (TPSA) is 62.1 Å². The fourth-order valence-corrected chi connectivity index (χ4v) is 2.44. The summed E-state index contributed by atoms with van der Waals surface area (Å²) in [6.07, 6.45) is 5.27. The molecule has 0 bridgehead atoms. The highest BCUT2D eigenvalue weighted by molar-refractivity contribution is 5.69. The van der Waals surface area contributed by atoms with Gasteiger partial charge in [0.25, 0.3) is 0 Å². The van der Waals surface area contributed by atoms with E-state index in [0.29, 0.717) is 12.4 Å². The molecule has 0 radical (unpaired) electrons. The second-order valence-electron chi connectivity index (χ2n) is 5.12. The predicted octanol–water partition coefficient (Wildman–Crippen LogP) is 2.71. The van der Waals surface area contributed by atoms with Crippen LogP contribution in [0.25, 0.3) is 11.1 Å². The van der Waals surface area contributed by atoms with E-state index in [9.17, 15) is 0 Å². The lowest BCUT2D eigenvalue weighted by Crippen LogP contribution is -2.00. The Hall–Kier alpha value is -2.89. The van der Waals surface area contributed by atoms with Gasteiger partial charge in [0.1, 0.15) is 12.1 Å². The molecule has 2 heterocycles. The van der Waals surface area contributed by atoms with Gasteiger partial charge in [-0.05, 0) is 24.6 Å². The van der Waals surface area contributed by atoms with Crippen LogP contribution in [0.5, 0.6) is 11.6 Å². The quantitative estimate of drug-likeness (QED) is 0.725. The summed E-state index contributed by atoms with van der Waals surface area (Å²) < 4.78 is 12.4. The van der Waals surface area contributed by atoms with E-state index in [1.54, 1.807) is 20.4 Å². The minimum atomic E-state index is 0.557. The van der Waals surface area contributed by atoms with Crippen LogP contribution in [0.1, 0.15) is 11.3 Å². The average Bonchev–Trinajstić information content (AvgIpc) is 3.03. The van der Waals surface area contributed by atoms with Crippen LogP contribution in [0, 0.1) is 6.92 Å². The van der Waals surface area contributed by atoms with Gasteiger partial charge in [-0.2, -0.15) is 5.10 Å². The van der Waals surface area contributed by atoms with Gasteiger partial charge < -0.3 is 9.47 Å². The predicted molar refractivity (Wildman–Crippen MR) is 86.6 cm³/mol. The van der Waals surface area contributed by atoms with E-state index >= 15 is 0 Å². The number of benzene rings is 1. The number of hydrogen-bond acceptors (Lipinski definition) is 5. The summed E-state index contributed by atoms with van der Waals surface area (Å²) in [4.78, 5) is 8.40. The van der Waals surface area contributed by atoms with E-state index in [0.717, 1.165) is 28.1 Å². The summed E-state index contributed by atoms with van der Waals surface area (Å²) in [6.45, 7) is 2.61. The fourth-order valence-electron chi connectivity index (χ4n) is 2.44. The van der Waals surface area contributed by atoms with Crippen molar-refractivity contribution in [3.05, 3.63) is 54.2 Å². The van der Waals surface area contributed by atoms with Crippen molar-refractivity contribution in [2.75, 3.05) is 14.2 Å². The van der Waals surface area contributed by atoms with Crippen LogP contribution in [-0.4, -0.2) is 34.0 Å². The molecular formula is C17H18N4O2. The molecule has 1 aromatic carbocycles. The Morgan fingerprint density at radius 3 is 2.52 bits per heavy atom. The van der Waals surface area contributed by atoms with Crippen molar-refractivity contribution in [2.24, 2.45) is 0 Å². The van der Waals surface area contributed by atoms with Crippen LogP contribution in [0.3, 0.4) is 0 Å². The van der Waals surface area contributed by atoms with E-state index in [4.69, 9.17) is 9.47 Å². The van der Waals surface area contributed by atoms with Gasteiger partial charge in [0, 0.05) is 11.8 Å². The molecule has 0 aliphatic rings. The standard InChI is InChI=1S/C17H18N4O2/c1-12-16(17(23-3)19-11-18-12)14-8-20-21(10-14)9-13-4-6-15(22-2)7-5-13/h4-8,10-11H,9H2,1-3H3. The summed E-state index contributed by atoms with van der Waals surface area (Å²) in [5, 5.41) is 4.42. The van der Waals surface area contributed by atoms with E-state index in [2.05, 4.69) is 15.1 Å². The zero-order valence-corrected chi connectivity index (χ0v) is 13.4. The second-order valence-corrected chi connectivity index (χ2v) is 5.12. The SMILES string of the molecule is COc1ccc(Cn2cc(-c3c(C)ncnc3OC)cn2)cc1. The van der Waals surface area contributed by atoms with Crippen molar-refractivity contribution in [2.45, 2.75) is 13.5 Å². The Bertz CT molecular complexity index is 797. The number of aryl methyl sites for hydroxylation is 1. The molecule has 6 nitrogen and oxygen atoms in total. The van der Waals surface area contributed by atoms with Gasteiger partial charge in [-0.25, -0.2) is 9.97 Å². The van der Waals surface area contributed by atoms with Gasteiger partial charge in [0.15, 0.2) is 0 Å². The lowest BCUT2D eigenvalue weighted by molar-refractivity contribution is 0.398. The summed E-state index contributed by atoms with van der Waals surface area (Å²) in [5.74, 6) is 1.40. The van der Waals surface area contributed by atoms with E-state index < -0.39 is 0 Å². The summed E-state index contributed by atoms with van der Waals surface area (Å²) in [7, 11) is 3.26. The van der Waals surface area contributed by atoms with Gasteiger partial charge in [0.2, 0.25) is 5.88 Å². The Morgan fingerprint density at radius 2 is 1.83 bits per heavy atom. The van der Waals surface area contributed by atoms with Crippen LogP contribution in [0.2, 0.25) is 0 Å². The average molecular weight is 310 g/mol. The largest absolute Gasteiger partial charge is 0.497 e. The third kappa shape index (κ3) is 3.15. The zero-order chi connectivity index (χ0) is 16.2. The maximum absolute atomic E-state index is 5.33. The fraction of sp³-hybridized carbons (Fsp3) is 0.235. The first-order chi connectivity index (χ1) is 11.2. The first kappa shape index (κ1) is 15.0. The number of methoxy groups -OCH3 is 2. The molecule has 0 fully saturated rings. The molecule has 0 spiro atoms. The molecular weight excluding hydrogens is 292 g/mol. The molecule has 0 amide bonds. The van der Waals surface area contributed by atoms with Gasteiger partial charge in [0.05, 0.1) is 38.2 Å². The lowest BCUT2D eigenvalue weighted by atomic mass is 10.1. The molecule has 0 unspecified atom stereocenters. The Kier molecular flexibility index (Phi) is 4.23. The number of hydrogen-bond donors (Lipinski definition) is 0. The van der Waals surface area contributed by atoms with Crippen molar-refractivity contribution in [3.8, 4) is 22.8 Å². The number of aromatic nitrogens is 4. The van der Waals surface area contributed by atoms with Gasteiger partial charge >= 0.3 is 0 Å². The molecule has 0 N–H and O–H groups in total. The molecule has 0 atom stereocenters. The first-order valence-corrected chi connectivity index (χ1v) is 7.22. The summed E-state index contributed by atoms with van der Waals surface area (Å²) in [6, 6.07) is 7.94. The molecule has 0 saturated heterocycles. The molecule has 6 heteroatoms. The van der Waals surface area contributed by atoms with Crippen molar-refractivity contribution >= 4 is 0 Å². The maximum atomic E-state index is 5.33. The van der Waals surface area contributed by atoms with Crippen molar-refractivity contribution in [1.82, 2.24) is 19.7 Å². The highest BCUT2D eigenvalue weighted by Crippen LogP contribution is 2.29. The normalized spacial score (nSPS) is 10.6. The van der Waals surface area contributed by atoms with E-state index in [-0.39, 0.29) is 0 Å². The van der Waals surface area contributed by atoms with E-state index in [1.807, 2.05) is 42.1 Å². The summed E-state index contributed by atoms with van der Waals surface area (Å²) >= 11 is 0. The number of nitrogens with zero attached hydrogens (tertiary/aromatic N) is 4. The molecule has 0 aliphatic heterocycles. The Balaban J connectivity index is 1.86. The van der Waals surface area contributed by atoms with Crippen molar-refractivity contribution in [3.63, 3.8) is 0 Å². The third-order valence-corrected chi connectivity index (χ3v) is 3.62. The van der Waals surface area contributed by atoms with Crippen LogP contribution in [0.4, 0.5) is 0 Å². The smallest absolute Gasteiger partial charge is 0.224 e. The van der Waals surface area contributed by atoms with Gasteiger partial charge in [-0.1, -0.05) is 12.1 Å².